The summed E-state index contributed by atoms with van der Waals surface area (Å²) in [4.78, 5) is 25.0. The number of allylic oxidation sites excluding steroid dienone is 2. The Kier molecular flexibility index (Phi) is 3.51. The van der Waals surface area contributed by atoms with Crippen molar-refractivity contribution in [2.24, 2.45) is 28.8 Å². The first-order chi connectivity index (χ1) is 11.1. The number of fused-ring (bicyclic) bond motifs is 5. The summed E-state index contributed by atoms with van der Waals surface area (Å²) in [7, 11) is 1.62. The van der Waals surface area contributed by atoms with Crippen LogP contribution >= 0.6 is 22.6 Å². The van der Waals surface area contributed by atoms with Gasteiger partial charge in [0.2, 0.25) is 0 Å². The molecule has 1 saturated heterocycles. The van der Waals surface area contributed by atoms with Crippen LogP contribution in [0.5, 0.6) is 5.75 Å². The van der Waals surface area contributed by atoms with Crippen LogP contribution in [0.15, 0.2) is 35.5 Å². The number of imide groups is 1. The maximum absolute atomic E-state index is 12.5. The van der Waals surface area contributed by atoms with Crippen LogP contribution in [0, 0.1) is 27.2 Å². The standard InChI is InChI=1S/C17H15IN2O3/c1-23-13-5-2-9(6-12(13)18)8-19-20-16(21)14-10-3-4-11(7-10)15(14)17(20)22/h2-6,8,10-11,14-15H,7H2,1H3/t10-,11-,14-,15+/m0/s1. The molecule has 23 heavy (non-hydrogen) atoms. The average Bonchev–Trinajstić information content (AvgIpc) is 3.21. The van der Waals surface area contributed by atoms with Gasteiger partial charge in [0, 0.05) is 0 Å². The minimum atomic E-state index is -0.203. The number of carbonyl (C=O) groups excluding carboxylic acids is 2. The van der Waals surface area contributed by atoms with E-state index in [0.29, 0.717) is 0 Å². The zero-order valence-electron chi connectivity index (χ0n) is 12.5. The van der Waals surface area contributed by atoms with Gasteiger partial charge in [-0.3, -0.25) is 9.59 Å². The van der Waals surface area contributed by atoms with E-state index in [4.69, 9.17) is 4.74 Å². The van der Waals surface area contributed by atoms with Gasteiger partial charge in [-0.15, -0.1) is 0 Å². The Labute approximate surface area is 147 Å². The van der Waals surface area contributed by atoms with Crippen LogP contribution in [0.2, 0.25) is 0 Å². The summed E-state index contributed by atoms with van der Waals surface area (Å²) in [5.74, 6) is 0.490. The number of hydrazone groups is 1. The van der Waals surface area contributed by atoms with Gasteiger partial charge < -0.3 is 4.74 Å². The number of amides is 2. The van der Waals surface area contributed by atoms with Crippen LogP contribution in [0.1, 0.15) is 12.0 Å². The molecule has 2 aliphatic carbocycles. The lowest BCUT2D eigenvalue weighted by Gasteiger charge is -2.13. The lowest BCUT2D eigenvalue weighted by Crippen LogP contribution is -2.28. The molecule has 4 rings (SSSR count). The maximum Gasteiger partial charge on any atom is 0.254 e. The molecule has 0 N–H and O–H groups in total. The van der Waals surface area contributed by atoms with Crippen LogP contribution in [0.4, 0.5) is 0 Å². The summed E-state index contributed by atoms with van der Waals surface area (Å²) < 4.78 is 6.17. The van der Waals surface area contributed by atoms with Gasteiger partial charge >= 0.3 is 0 Å². The Hall–Kier alpha value is -1.70. The highest BCUT2D eigenvalue weighted by molar-refractivity contribution is 14.1. The monoisotopic (exact) mass is 422 g/mol. The maximum atomic E-state index is 12.5. The van der Waals surface area contributed by atoms with Crippen LogP contribution in [-0.2, 0) is 9.59 Å². The first-order valence-corrected chi connectivity index (χ1v) is 8.61. The molecule has 0 radical (unpaired) electrons. The van der Waals surface area contributed by atoms with Gasteiger partial charge in [0.25, 0.3) is 11.8 Å². The molecule has 1 aromatic rings. The van der Waals surface area contributed by atoms with Crippen LogP contribution in [0.3, 0.4) is 0 Å². The first kappa shape index (κ1) is 14.9. The Morgan fingerprint density at radius 2 is 1.87 bits per heavy atom. The van der Waals surface area contributed by atoms with Gasteiger partial charge in [-0.05, 0) is 64.6 Å². The molecule has 0 spiro atoms. The fourth-order valence-corrected chi connectivity index (χ4v) is 4.65. The third-order valence-corrected chi connectivity index (χ3v) is 5.79. The second-order valence-electron chi connectivity index (χ2n) is 6.13. The third-order valence-electron chi connectivity index (χ3n) is 4.95. The molecule has 4 atom stereocenters. The lowest BCUT2D eigenvalue weighted by molar-refractivity contribution is -0.140. The van der Waals surface area contributed by atoms with Crippen molar-refractivity contribution < 1.29 is 14.3 Å². The van der Waals surface area contributed by atoms with Crippen molar-refractivity contribution in [3.63, 3.8) is 0 Å². The van der Waals surface area contributed by atoms with Crippen LogP contribution in [0.25, 0.3) is 0 Å². The van der Waals surface area contributed by atoms with Crippen molar-refractivity contribution in [2.45, 2.75) is 6.42 Å². The van der Waals surface area contributed by atoms with Crippen molar-refractivity contribution in [3.05, 3.63) is 39.5 Å². The number of methoxy groups -OCH3 is 1. The minimum Gasteiger partial charge on any atom is -0.496 e. The van der Waals surface area contributed by atoms with E-state index in [1.807, 2.05) is 18.2 Å². The zero-order valence-corrected chi connectivity index (χ0v) is 14.6. The average molecular weight is 422 g/mol. The van der Waals surface area contributed by atoms with Crippen LogP contribution < -0.4 is 4.74 Å². The fraction of sp³-hybridized carbons (Fsp3) is 0.353. The molecule has 0 aromatic heterocycles. The number of ether oxygens (including phenoxy) is 1. The number of rotatable bonds is 3. The molecule has 1 aromatic carbocycles. The summed E-state index contributed by atoms with van der Waals surface area (Å²) in [6.07, 6.45) is 6.65. The van der Waals surface area contributed by atoms with Crippen molar-refractivity contribution in [3.8, 4) is 5.75 Å². The molecule has 1 heterocycles. The highest BCUT2D eigenvalue weighted by atomic mass is 127. The Balaban J connectivity index is 1.57. The van der Waals surface area contributed by atoms with E-state index in [9.17, 15) is 9.59 Å². The largest absolute Gasteiger partial charge is 0.496 e. The third kappa shape index (κ3) is 2.22. The summed E-state index contributed by atoms with van der Waals surface area (Å²) in [5, 5.41) is 5.24. The zero-order chi connectivity index (χ0) is 16.1. The van der Waals surface area contributed by atoms with E-state index < -0.39 is 0 Å². The lowest BCUT2D eigenvalue weighted by atomic mass is 9.85. The summed E-state index contributed by atoms with van der Waals surface area (Å²) >= 11 is 2.17. The molecule has 2 fully saturated rings. The van der Waals surface area contributed by atoms with E-state index >= 15 is 0 Å². The summed E-state index contributed by atoms with van der Waals surface area (Å²) in [6.45, 7) is 0. The smallest absolute Gasteiger partial charge is 0.254 e. The number of benzene rings is 1. The predicted molar refractivity (Wildman–Crippen MR) is 92.9 cm³/mol. The number of nitrogens with zero attached hydrogens (tertiary/aromatic N) is 2. The Morgan fingerprint density at radius 3 is 2.43 bits per heavy atom. The highest BCUT2D eigenvalue weighted by Gasteiger charge is 2.59. The van der Waals surface area contributed by atoms with E-state index in [1.165, 1.54) is 0 Å². The molecule has 5 nitrogen and oxygen atoms in total. The molecule has 118 valence electrons. The van der Waals surface area contributed by atoms with E-state index in [-0.39, 0.29) is 35.5 Å². The van der Waals surface area contributed by atoms with Gasteiger partial charge in [0.05, 0.1) is 28.7 Å². The molecule has 2 amide bonds. The second-order valence-corrected chi connectivity index (χ2v) is 7.29. The molecular formula is C17H15IN2O3. The first-order valence-electron chi connectivity index (χ1n) is 7.54. The minimum absolute atomic E-state index is 0.156. The number of carbonyl (C=O) groups is 2. The summed E-state index contributed by atoms with van der Waals surface area (Å²) in [5.41, 5.74) is 0.828. The normalized spacial score (nSPS) is 31.5. The van der Waals surface area contributed by atoms with Crippen molar-refractivity contribution >= 4 is 40.6 Å². The summed E-state index contributed by atoms with van der Waals surface area (Å²) in [6, 6.07) is 5.59. The highest BCUT2D eigenvalue weighted by Crippen LogP contribution is 2.52. The predicted octanol–water partition coefficient (Wildman–Crippen LogP) is 2.44. The molecule has 2 bridgehead atoms. The topological polar surface area (TPSA) is 59.0 Å². The number of hydrogen-bond donors (Lipinski definition) is 0. The second kappa shape index (κ2) is 5.43. The molecular weight excluding hydrogens is 407 g/mol. The van der Waals surface area contributed by atoms with E-state index in [0.717, 1.165) is 26.3 Å². The van der Waals surface area contributed by atoms with Crippen molar-refractivity contribution in [1.29, 1.82) is 0 Å². The van der Waals surface area contributed by atoms with E-state index in [2.05, 4.69) is 39.8 Å². The van der Waals surface area contributed by atoms with Crippen molar-refractivity contribution in [1.82, 2.24) is 5.01 Å². The van der Waals surface area contributed by atoms with E-state index in [1.54, 1.807) is 13.3 Å². The quantitative estimate of drug-likeness (QED) is 0.326. The molecule has 1 aliphatic heterocycles. The van der Waals surface area contributed by atoms with Gasteiger partial charge in [0.1, 0.15) is 5.75 Å². The van der Waals surface area contributed by atoms with Crippen LogP contribution in [-0.4, -0.2) is 30.1 Å². The number of hydrogen-bond acceptors (Lipinski definition) is 4. The molecule has 1 saturated carbocycles. The SMILES string of the molecule is COc1ccc(C=NN2C(=O)[C@@H]3[C@H](C2=O)[C@H]2C=C[C@H]3C2)cc1I. The van der Waals surface area contributed by atoms with Gasteiger partial charge in [-0.2, -0.15) is 10.1 Å². The fourth-order valence-electron chi connectivity index (χ4n) is 3.89. The number of halogens is 1. The van der Waals surface area contributed by atoms with Crippen molar-refractivity contribution in [2.75, 3.05) is 7.11 Å². The molecule has 6 heteroatoms. The Morgan fingerprint density at radius 1 is 1.22 bits per heavy atom. The molecule has 3 aliphatic rings. The Bertz CT molecular complexity index is 728. The van der Waals surface area contributed by atoms with Gasteiger partial charge in [0.15, 0.2) is 0 Å². The van der Waals surface area contributed by atoms with Gasteiger partial charge in [-0.25, -0.2) is 0 Å². The molecule has 0 unspecified atom stereocenters. The van der Waals surface area contributed by atoms with Gasteiger partial charge in [-0.1, -0.05) is 12.2 Å².